The van der Waals surface area contributed by atoms with Crippen molar-refractivity contribution in [3.63, 3.8) is 0 Å². The summed E-state index contributed by atoms with van der Waals surface area (Å²) < 4.78 is 5.87. The van der Waals surface area contributed by atoms with Crippen molar-refractivity contribution in [1.29, 1.82) is 0 Å². The molecule has 14 heavy (non-hydrogen) atoms. The summed E-state index contributed by atoms with van der Waals surface area (Å²) in [7, 11) is 0. The van der Waals surface area contributed by atoms with Crippen molar-refractivity contribution < 1.29 is 4.74 Å². The lowest BCUT2D eigenvalue weighted by Crippen LogP contribution is -2.17. The minimum atomic E-state index is 0.387. The molecule has 0 N–H and O–H groups in total. The Morgan fingerprint density at radius 3 is 2.07 bits per heavy atom. The van der Waals surface area contributed by atoms with Crippen LogP contribution in [0.25, 0.3) is 0 Å². The molecule has 1 nitrogen and oxygen atoms in total. The molecule has 0 saturated heterocycles. The molecule has 0 amide bonds. The van der Waals surface area contributed by atoms with E-state index in [-0.39, 0.29) is 0 Å². The summed E-state index contributed by atoms with van der Waals surface area (Å²) in [6.45, 7) is 8.76. The molecule has 0 saturated carbocycles. The normalized spacial score (nSPS) is 13.5. The van der Waals surface area contributed by atoms with Crippen molar-refractivity contribution in [2.75, 3.05) is 0 Å². The summed E-state index contributed by atoms with van der Waals surface area (Å²) in [6.07, 6.45) is 10.0. The van der Waals surface area contributed by atoms with Crippen LogP contribution >= 0.6 is 0 Å². The van der Waals surface area contributed by atoms with Gasteiger partial charge in [0.1, 0.15) is 0 Å². The van der Waals surface area contributed by atoms with Crippen molar-refractivity contribution in [3.05, 3.63) is 0 Å². The summed E-state index contributed by atoms with van der Waals surface area (Å²) in [6, 6.07) is 0. The van der Waals surface area contributed by atoms with E-state index in [2.05, 4.69) is 27.7 Å². The fraction of sp³-hybridized carbons (Fsp3) is 1.00. The van der Waals surface area contributed by atoms with E-state index in [1.165, 1.54) is 44.9 Å². The summed E-state index contributed by atoms with van der Waals surface area (Å²) >= 11 is 0. The highest BCUT2D eigenvalue weighted by Gasteiger charge is 2.09. The predicted molar refractivity (Wildman–Crippen MR) is 63.7 cm³/mol. The Morgan fingerprint density at radius 1 is 0.857 bits per heavy atom. The molecule has 0 heterocycles. The minimum Gasteiger partial charge on any atom is -0.376 e. The smallest absolute Gasteiger partial charge is 0.0578 e. The van der Waals surface area contributed by atoms with Gasteiger partial charge in [-0.15, -0.1) is 0 Å². The molecule has 0 aliphatic rings. The van der Waals surface area contributed by atoms with Crippen LogP contribution in [0.2, 0.25) is 0 Å². The second kappa shape index (κ2) is 9.51. The third-order valence-corrected chi connectivity index (χ3v) is 2.45. The lowest BCUT2D eigenvalue weighted by Gasteiger charge is -2.19. The summed E-state index contributed by atoms with van der Waals surface area (Å²) in [5.74, 6) is 0. The summed E-state index contributed by atoms with van der Waals surface area (Å²) in [4.78, 5) is 0. The first-order valence-electron chi connectivity index (χ1n) is 6.36. The van der Waals surface area contributed by atoms with E-state index >= 15 is 0 Å². The molecule has 1 heteroatoms. The molecule has 0 bridgehead atoms. The van der Waals surface area contributed by atoms with Crippen LogP contribution in [-0.2, 0) is 4.74 Å². The highest BCUT2D eigenvalue weighted by Crippen LogP contribution is 2.14. The maximum absolute atomic E-state index is 5.87. The molecule has 0 aromatic carbocycles. The molecule has 0 spiro atoms. The first kappa shape index (κ1) is 14.0. The molecule has 0 aromatic heterocycles. The van der Waals surface area contributed by atoms with Crippen molar-refractivity contribution in [2.24, 2.45) is 0 Å². The average Bonchev–Trinajstić information content (AvgIpc) is 2.12. The van der Waals surface area contributed by atoms with Gasteiger partial charge in [0, 0.05) is 0 Å². The van der Waals surface area contributed by atoms with Gasteiger partial charge in [-0.2, -0.15) is 0 Å². The molecular formula is C13H28O. The van der Waals surface area contributed by atoms with Gasteiger partial charge in [0.05, 0.1) is 12.2 Å². The third-order valence-electron chi connectivity index (χ3n) is 2.45. The maximum Gasteiger partial charge on any atom is 0.0578 e. The largest absolute Gasteiger partial charge is 0.376 e. The Morgan fingerprint density at radius 2 is 1.57 bits per heavy atom. The number of rotatable bonds is 9. The lowest BCUT2D eigenvalue weighted by molar-refractivity contribution is -0.00297. The number of unbranched alkanes of at least 4 members (excludes halogenated alkanes) is 3. The topological polar surface area (TPSA) is 9.23 Å². The van der Waals surface area contributed by atoms with E-state index < -0.39 is 0 Å². The minimum absolute atomic E-state index is 0.387. The standard InChI is InChI=1S/C13H28O/c1-5-7-8-9-11-13(10-6-2)14-12(3)4/h12-13H,5-11H2,1-4H3. The molecule has 0 aliphatic heterocycles. The van der Waals surface area contributed by atoms with Crippen LogP contribution in [0, 0.1) is 0 Å². The van der Waals surface area contributed by atoms with Crippen LogP contribution in [0.4, 0.5) is 0 Å². The maximum atomic E-state index is 5.87. The zero-order chi connectivity index (χ0) is 10.8. The van der Waals surface area contributed by atoms with Gasteiger partial charge in [0.25, 0.3) is 0 Å². The second-order valence-corrected chi connectivity index (χ2v) is 4.44. The highest BCUT2D eigenvalue weighted by atomic mass is 16.5. The van der Waals surface area contributed by atoms with Gasteiger partial charge in [-0.05, 0) is 26.7 Å². The van der Waals surface area contributed by atoms with Crippen LogP contribution in [0.1, 0.15) is 72.6 Å². The Hall–Kier alpha value is -0.0400. The van der Waals surface area contributed by atoms with E-state index in [1.807, 2.05) is 0 Å². The predicted octanol–water partition coefficient (Wildman–Crippen LogP) is 4.55. The summed E-state index contributed by atoms with van der Waals surface area (Å²) in [5, 5.41) is 0. The van der Waals surface area contributed by atoms with E-state index in [1.54, 1.807) is 0 Å². The summed E-state index contributed by atoms with van der Waals surface area (Å²) in [5.41, 5.74) is 0. The van der Waals surface area contributed by atoms with Gasteiger partial charge in [-0.1, -0.05) is 46.0 Å². The lowest BCUT2D eigenvalue weighted by atomic mass is 10.1. The van der Waals surface area contributed by atoms with E-state index in [0.29, 0.717) is 12.2 Å². The van der Waals surface area contributed by atoms with Gasteiger partial charge in [-0.3, -0.25) is 0 Å². The van der Waals surface area contributed by atoms with Gasteiger partial charge in [0.2, 0.25) is 0 Å². The number of hydrogen-bond donors (Lipinski definition) is 0. The van der Waals surface area contributed by atoms with Crippen molar-refractivity contribution in [3.8, 4) is 0 Å². The molecule has 0 radical (unpaired) electrons. The zero-order valence-electron chi connectivity index (χ0n) is 10.5. The molecular weight excluding hydrogens is 172 g/mol. The first-order valence-corrected chi connectivity index (χ1v) is 6.36. The second-order valence-electron chi connectivity index (χ2n) is 4.44. The van der Waals surface area contributed by atoms with Crippen LogP contribution in [0.3, 0.4) is 0 Å². The van der Waals surface area contributed by atoms with Gasteiger partial charge in [0.15, 0.2) is 0 Å². The van der Waals surface area contributed by atoms with Crippen molar-refractivity contribution in [2.45, 2.75) is 84.8 Å². The Bertz CT molecular complexity index is 110. The number of ether oxygens (including phenoxy) is 1. The molecule has 0 rings (SSSR count). The molecule has 1 unspecified atom stereocenters. The van der Waals surface area contributed by atoms with E-state index in [0.717, 1.165) is 0 Å². The zero-order valence-corrected chi connectivity index (χ0v) is 10.5. The molecule has 0 aromatic rings. The Balaban J connectivity index is 3.51. The highest BCUT2D eigenvalue weighted by molar-refractivity contribution is 4.59. The van der Waals surface area contributed by atoms with Crippen LogP contribution in [-0.4, -0.2) is 12.2 Å². The van der Waals surface area contributed by atoms with E-state index in [9.17, 15) is 0 Å². The SMILES string of the molecule is CCCCCCC(CCC)OC(C)C. The van der Waals surface area contributed by atoms with Gasteiger partial charge in [-0.25, -0.2) is 0 Å². The quantitative estimate of drug-likeness (QED) is 0.496. The first-order chi connectivity index (χ1) is 6.70. The van der Waals surface area contributed by atoms with Crippen LogP contribution in [0.15, 0.2) is 0 Å². The molecule has 1 atom stereocenters. The van der Waals surface area contributed by atoms with Crippen molar-refractivity contribution in [1.82, 2.24) is 0 Å². The Kier molecular flexibility index (Phi) is 9.49. The van der Waals surface area contributed by atoms with Crippen molar-refractivity contribution >= 4 is 0 Å². The van der Waals surface area contributed by atoms with E-state index in [4.69, 9.17) is 4.74 Å². The average molecular weight is 200 g/mol. The third kappa shape index (κ3) is 8.55. The fourth-order valence-corrected chi connectivity index (χ4v) is 1.79. The molecule has 0 aliphatic carbocycles. The van der Waals surface area contributed by atoms with Gasteiger partial charge >= 0.3 is 0 Å². The Labute approximate surface area is 90.2 Å². The molecule has 86 valence electrons. The monoisotopic (exact) mass is 200 g/mol. The van der Waals surface area contributed by atoms with Gasteiger partial charge < -0.3 is 4.74 Å². The van der Waals surface area contributed by atoms with Crippen LogP contribution in [0.5, 0.6) is 0 Å². The number of hydrogen-bond acceptors (Lipinski definition) is 1. The fourth-order valence-electron chi connectivity index (χ4n) is 1.79. The molecule has 0 fully saturated rings. The van der Waals surface area contributed by atoms with Crippen LogP contribution < -0.4 is 0 Å².